The summed E-state index contributed by atoms with van der Waals surface area (Å²) in [7, 11) is 0. The van der Waals surface area contributed by atoms with E-state index in [1.54, 1.807) is 31.2 Å². The molecule has 130 valence electrons. The molecule has 0 saturated carbocycles. The molecule has 5 nitrogen and oxygen atoms in total. The van der Waals surface area contributed by atoms with Gasteiger partial charge in [-0.25, -0.2) is 9.37 Å². The summed E-state index contributed by atoms with van der Waals surface area (Å²) >= 11 is 0. The first kappa shape index (κ1) is 17.1. The average molecular weight is 341 g/mol. The minimum absolute atomic E-state index is 0.0396. The number of carbonyl (C=O) groups excluding carboxylic acids is 1. The van der Waals surface area contributed by atoms with Crippen molar-refractivity contribution in [1.29, 1.82) is 0 Å². The molecule has 2 aromatic heterocycles. The number of carbonyl (C=O) groups is 1. The van der Waals surface area contributed by atoms with Gasteiger partial charge in [-0.05, 0) is 38.5 Å². The molecule has 1 amide bonds. The van der Waals surface area contributed by atoms with E-state index in [-0.39, 0.29) is 17.7 Å². The third kappa shape index (κ3) is 3.38. The predicted octanol–water partition coefficient (Wildman–Crippen LogP) is 4.26. The molecule has 2 heterocycles. The Kier molecular flexibility index (Phi) is 4.79. The van der Waals surface area contributed by atoms with Gasteiger partial charge in [0.1, 0.15) is 5.82 Å². The standard InChI is InChI=1S/C19H20FN3O2/c1-4-7-11(2)21-18(24)14-10-16(13-8-5-6-9-15(13)20)22-19-17(14)12(3)23-25-19/h5-6,8-11H,4,7H2,1-3H3,(H,21,24). The quantitative estimate of drug-likeness (QED) is 0.753. The van der Waals surface area contributed by atoms with E-state index in [0.717, 1.165) is 12.8 Å². The Balaban J connectivity index is 2.11. The Morgan fingerprint density at radius 3 is 2.84 bits per heavy atom. The summed E-state index contributed by atoms with van der Waals surface area (Å²) in [6.07, 6.45) is 1.85. The third-order valence-electron chi connectivity index (χ3n) is 4.11. The number of fused-ring (bicyclic) bond motifs is 1. The minimum Gasteiger partial charge on any atom is -0.350 e. The molecular formula is C19H20FN3O2. The summed E-state index contributed by atoms with van der Waals surface area (Å²) in [6, 6.07) is 7.94. The fourth-order valence-corrected chi connectivity index (χ4v) is 2.89. The van der Waals surface area contributed by atoms with Crippen molar-refractivity contribution in [2.45, 2.75) is 39.7 Å². The first-order valence-electron chi connectivity index (χ1n) is 8.34. The van der Waals surface area contributed by atoms with Crippen LogP contribution in [0.5, 0.6) is 0 Å². The second kappa shape index (κ2) is 7.01. The van der Waals surface area contributed by atoms with Crippen LogP contribution in [-0.4, -0.2) is 22.1 Å². The molecule has 3 rings (SSSR count). The monoisotopic (exact) mass is 341 g/mol. The fourth-order valence-electron chi connectivity index (χ4n) is 2.89. The molecule has 6 heteroatoms. The van der Waals surface area contributed by atoms with Gasteiger partial charge >= 0.3 is 0 Å². The number of hydrogen-bond donors (Lipinski definition) is 1. The summed E-state index contributed by atoms with van der Waals surface area (Å²) in [5, 5.41) is 7.43. The molecule has 1 aromatic carbocycles. The van der Waals surface area contributed by atoms with Crippen molar-refractivity contribution >= 4 is 17.0 Å². The van der Waals surface area contributed by atoms with Crippen molar-refractivity contribution < 1.29 is 13.7 Å². The maximum atomic E-state index is 14.1. The largest absolute Gasteiger partial charge is 0.350 e. The van der Waals surface area contributed by atoms with Crippen LogP contribution in [-0.2, 0) is 0 Å². The summed E-state index contributed by atoms with van der Waals surface area (Å²) in [5.74, 6) is -0.645. The van der Waals surface area contributed by atoms with E-state index in [0.29, 0.717) is 27.9 Å². The number of aromatic nitrogens is 2. The highest BCUT2D eigenvalue weighted by molar-refractivity contribution is 6.07. The Hall–Kier alpha value is -2.76. The molecule has 1 unspecified atom stereocenters. The SMILES string of the molecule is CCCC(C)NC(=O)c1cc(-c2ccccc2F)nc2onc(C)c12. The van der Waals surface area contributed by atoms with Gasteiger partial charge in [-0.15, -0.1) is 0 Å². The van der Waals surface area contributed by atoms with Crippen molar-refractivity contribution in [3.8, 4) is 11.3 Å². The van der Waals surface area contributed by atoms with E-state index >= 15 is 0 Å². The van der Waals surface area contributed by atoms with Gasteiger partial charge < -0.3 is 9.84 Å². The van der Waals surface area contributed by atoms with Crippen LogP contribution >= 0.6 is 0 Å². The van der Waals surface area contributed by atoms with Crippen LogP contribution in [0.2, 0.25) is 0 Å². The second-order valence-electron chi connectivity index (χ2n) is 6.15. The third-order valence-corrected chi connectivity index (χ3v) is 4.11. The van der Waals surface area contributed by atoms with Crippen LogP contribution in [0.3, 0.4) is 0 Å². The average Bonchev–Trinajstić information content (AvgIpc) is 2.96. The lowest BCUT2D eigenvalue weighted by molar-refractivity contribution is 0.0940. The molecule has 0 aliphatic heterocycles. The lowest BCUT2D eigenvalue weighted by Gasteiger charge is -2.14. The fraction of sp³-hybridized carbons (Fsp3) is 0.316. The molecule has 0 radical (unpaired) electrons. The Bertz CT molecular complexity index is 920. The van der Waals surface area contributed by atoms with Crippen molar-refractivity contribution in [2.24, 2.45) is 0 Å². The van der Waals surface area contributed by atoms with Gasteiger partial charge in [-0.1, -0.05) is 30.6 Å². The highest BCUT2D eigenvalue weighted by Gasteiger charge is 2.21. The molecule has 0 saturated heterocycles. The molecule has 1 N–H and O–H groups in total. The van der Waals surface area contributed by atoms with Crippen molar-refractivity contribution in [3.63, 3.8) is 0 Å². The van der Waals surface area contributed by atoms with Crippen LogP contribution < -0.4 is 5.32 Å². The van der Waals surface area contributed by atoms with E-state index in [1.807, 2.05) is 6.92 Å². The van der Waals surface area contributed by atoms with E-state index in [4.69, 9.17) is 4.52 Å². The van der Waals surface area contributed by atoms with Gasteiger partial charge in [0, 0.05) is 11.6 Å². The van der Waals surface area contributed by atoms with Gasteiger partial charge in [-0.2, -0.15) is 0 Å². The Morgan fingerprint density at radius 2 is 2.12 bits per heavy atom. The van der Waals surface area contributed by atoms with Crippen molar-refractivity contribution in [3.05, 3.63) is 47.4 Å². The number of aryl methyl sites for hydroxylation is 1. The van der Waals surface area contributed by atoms with E-state index in [9.17, 15) is 9.18 Å². The zero-order valence-electron chi connectivity index (χ0n) is 14.5. The van der Waals surface area contributed by atoms with E-state index in [2.05, 4.69) is 22.4 Å². The number of rotatable bonds is 5. The smallest absolute Gasteiger partial charge is 0.259 e. The maximum Gasteiger partial charge on any atom is 0.259 e. The Morgan fingerprint density at radius 1 is 1.36 bits per heavy atom. The number of amides is 1. The molecule has 0 aliphatic rings. The van der Waals surface area contributed by atoms with Gasteiger partial charge in [0.2, 0.25) is 0 Å². The number of pyridine rings is 1. The highest BCUT2D eigenvalue weighted by Crippen LogP contribution is 2.28. The van der Waals surface area contributed by atoms with Crippen LogP contribution in [0.1, 0.15) is 42.7 Å². The predicted molar refractivity (Wildman–Crippen MR) is 93.8 cm³/mol. The molecule has 0 bridgehead atoms. The zero-order chi connectivity index (χ0) is 18.0. The van der Waals surface area contributed by atoms with Crippen LogP contribution in [0.4, 0.5) is 4.39 Å². The van der Waals surface area contributed by atoms with Crippen molar-refractivity contribution in [1.82, 2.24) is 15.5 Å². The molecule has 25 heavy (non-hydrogen) atoms. The molecule has 0 aliphatic carbocycles. The van der Waals surface area contributed by atoms with Crippen LogP contribution in [0.25, 0.3) is 22.4 Å². The minimum atomic E-state index is -0.406. The Labute approximate surface area is 145 Å². The van der Waals surface area contributed by atoms with Crippen LogP contribution in [0, 0.1) is 12.7 Å². The summed E-state index contributed by atoms with van der Waals surface area (Å²) in [5.41, 5.74) is 1.86. The highest BCUT2D eigenvalue weighted by atomic mass is 19.1. The number of nitrogens with zero attached hydrogens (tertiary/aromatic N) is 2. The van der Waals surface area contributed by atoms with E-state index in [1.165, 1.54) is 6.07 Å². The maximum absolute atomic E-state index is 14.1. The van der Waals surface area contributed by atoms with Gasteiger partial charge in [0.05, 0.1) is 22.3 Å². The summed E-state index contributed by atoms with van der Waals surface area (Å²) in [4.78, 5) is 17.1. The molecule has 0 fully saturated rings. The van der Waals surface area contributed by atoms with E-state index < -0.39 is 5.82 Å². The second-order valence-corrected chi connectivity index (χ2v) is 6.15. The van der Waals surface area contributed by atoms with Gasteiger partial charge in [-0.3, -0.25) is 4.79 Å². The van der Waals surface area contributed by atoms with Gasteiger partial charge in [0.15, 0.2) is 0 Å². The first-order chi connectivity index (χ1) is 12.0. The first-order valence-corrected chi connectivity index (χ1v) is 8.34. The normalized spacial score (nSPS) is 12.3. The summed E-state index contributed by atoms with van der Waals surface area (Å²) in [6.45, 7) is 5.77. The molecule has 1 atom stereocenters. The molecule has 3 aromatic rings. The lowest BCUT2D eigenvalue weighted by Crippen LogP contribution is -2.32. The number of nitrogens with one attached hydrogen (secondary N) is 1. The lowest BCUT2D eigenvalue weighted by atomic mass is 10.0. The number of benzene rings is 1. The molecular weight excluding hydrogens is 321 g/mol. The zero-order valence-corrected chi connectivity index (χ0v) is 14.5. The summed E-state index contributed by atoms with van der Waals surface area (Å²) < 4.78 is 19.4. The number of halogens is 1. The molecule has 0 spiro atoms. The van der Waals surface area contributed by atoms with Crippen LogP contribution in [0.15, 0.2) is 34.9 Å². The van der Waals surface area contributed by atoms with Crippen molar-refractivity contribution in [2.75, 3.05) is 0 Å². The topological polar surface area (TPSA) is 68.0 Å². The van der Waals surface area contributed by atoms with Gasteiger partial charge in [0.25, 0.3) is 11.6 Å². The number of hydrogen-bond acceptors (Lipinski definition) is 4.